The van der Waals surface area contributed by atoms with Crippen molar-refractivity contribution in [3.63, 3.8) is 0 Å². The monoisotopic (exact) mass is 162 g/mol. The number of hydrogen-bond donors (Lipinski definition) is 1. The summed E-state index contributed by atoms with van der Waals surface area (Å²) >= 11 is 0. The van der Waals surface area contributed by atoms with Crippen molar-refractivity contribution >= 4 is 5.71 Å². The molecule has 1 aromatic heterocycles. The van der Waals surface area contributed by atoms with Crippen LogP contribution in [0.25, 0.3) is 0 Å². The second-order valence-electron chi connectivity index (χ2n) is 3.52. The predicted octanol–water partition coefficient (Wildman–Crippen LogP) is 2.29. The van der Waals surface area contributed by atoms with E-state index in [1.165, 1.54) is 23.5 Å². The van der Waals surface area contributed by atoms with Crippen LogP contribution in [0, 0.1) is 6.92 Å². The minimum atomic E-state index is 0.517. The molecule has 2 heteroatoms. The van der Waals surface area contributed by atoms with E-state index in [2.05, 4.69) is 36.0 Å². The van der Waals surface area contributed by atoms with E-state index in [1.54, 1.807) is 0 Å². The van der Waals surface area contributed by atoms with E-state index >= 15 is 0 Å². The Morgan fingerprint density at radius 2 is 2.33 bits per heavy atom. The van der Waals surface area contributed by atoms with Gasteiger partial charge in [0.1, 0.15) is 0 Å². The van der Waals surface area contributed by atoms with Gasteiger partial charge < -0.3 is 4.98 Å². The van der Waals surface area contributed by atoms with Crippen molar-refractivity contribution in [2.45, 2.75) is 32.7 Å². The molecule has 0 amide bonds. The largest absolute Gasteiger partial charge is 0.358 e. The van der Waals surface area contributed by atoms with Crippen molar-refractivity contribution < 1.29 is 0 Å². The predicted molar refractivity (Wildman–Crippen MR) is 50.8 cm³/mol. The van der Waals surface area contributed by atoms with Gasteiger partial charge in [-0.3, -0.25) is 4.99 Å². The molecule has 1 aliphatic rings. The van der Waals surface area contributed by atoms with E-state index in [1.807, 2.05) is 0 Å². The molecular weight excluding hydrogens is 148 g/mol. The summed E-state index contributed by atoms with van der Waals surface area (Å²) in [4.78, 5) is 7.87. The summed E-state index contributed by atoms with van der Waals surface area (Å²) in [5.41, 5.74) is 3.67. The van der Waals surface area contributed by atoms with E-state index in [0.717, 1.165) is 6.42 Å². The Balaban J connectivity index is 2.26. The quantitative estimate of drug-likeness (QED) is 0.656. The number of H-pyrrole nitrogens is 1. The van der Waals surface area contributed by atoms with Crippen LogP contribution in [-0.4, -0.2) is 16.7 Å². The Morgan fingerprint density at radius 1 is 1.50 bits per heavy atom. The fraction of sp³-hybridized carbons (Fsp3) is 0.500. The molecular formula is C10H14N2. The smallest absolute Gasteiger partial charge is 0.0596 e. The Labute approximate surface area is 72.7 Å². The Kier molecular flexibility index (Phi) is 1.75. The molecule has 0 bridgehead atoms. The molecule has 2 heterocycles. The van der Waals surface area contributed by atoms with Gasteiger partial charge in [0.25, 0.3) is 0 Å². The van der Waals surface area contributed by atoms with E-state index in [-0.39, 0.29) is 0 Å². The summed E-state index contributed by atoms with van der Waals surface area (Å²) in [5.74, 6) is 0. The number of aryl methyl sites for hydroxylation is 1. The molecule has 0 aliphatic carbocycles. The normalized spacial score (nSPS) is 22.8. The zero-order valence-electron chi connectivity index (χ0n) is 7.59. The van der Waals surface area contributed by atoms with E-state index in [9.17, 15) is 0 Å². The Bertz CT molecular complexity index is 309. The lowest BCUT2D eigenvalue weighted by Crippen LogP contribution is -1.95. The van der Waals surface area contributed by atoms with Crippen molar-refractivity contribution in [3.05, 3.63) is 23.5 Å². The van der Waals surface area contributed by atoms with Crippen LogP contribution in [0.2, 0.25) is 0 Å². The molecule has 2 nitrogen and oxygen atoms in total. The molecule has 0 saturated carbocycles. The molecule has 0 spiro atoms. The summed E-state index contributed by atoms with van der Waals surface area (Å²) in [7, 11) is 0. The van der Waals surface area contributed by atoms with Crippen LogP contribution in [0.4, 0.5) is 0 Å². The lowest BCUT2D eigenvalue weighted by atomic mass is 10.2. The minimum absolute atomic E-state index is 0.517. The van der Waals surface area contributed by atoms with Gasteiger partial charge in [-0.25, -0.2) is 0 Å². The van der Waals surface area contributed by atoms with Gasteiger partial charge in [0, 0.05) is 11.7 Å². The molecule has 0 radical (unpaired) electrons. The molecule has 0 aromatic carbocycles. The highest BCUT2D eigenvalue weighted by atomic mass is 14.9. The van der Waals surface area contributed by atoms with Gasteiger partial charge in [-0.2, -0.15) is 0 Å². The number of aromatic amines is 1. The first-order chi connectivity index (χ1) is 5.75. The van der Waals surface area contributed by atoms with Crippen molar-refractivity contribution in [2.75, 3.05) is 0 Å². The summed E-state index contributed by atoms with van der Waals surface area (Å²) < 4.78 is 0. The van der Waals surface area contributed by atoms with Crippen LogP contribution in [0.5, 0.6) is 0 Å². The first-order valence-corrected chi connectivity index (χ1v) is 4.48. The van der Waals surface area contributed by atoms with Crippen molar-refractivity contribution in [1.29, 1.82) is 0 Å². The summed E-state index contributed by atoms with van der Waals surface area (Å²) in [6, 6.07) is 4.73. The lowest BCUT2D eigenvalue weighted by molar-refractivity contribution is 0.739. The summed E-state index contributed by atoms with van der Waals surface area (Å²) in [6.07, 6.45) is 2.33. The van der Waals surface area contributed by atoms with Crippen LogP contribution in [-0.2, 0) is 0 Å². The first kappa shape index (κ1) is 7.59. The van der Waals surface area contributed by atoms with E-state index in [0.29, 0.717) is 6.04 Å². The number of nitrogens with zero attached hydrogens (tertiary/aromatic N) is 1. The topological polar surface area (TPSA) is 28.1 Å². The summed E-state index contributed by atoms with van der Waals surface area (Å²) in [6.45, 7) is 4.24. The first-order valence-electron chi connectivity index (χ1n) is 4.48. The second kappa shape index (κ2) is 2.77. The number of hydrogen-bond acceptors (Lipinski definition) is 1. The van der Waals surface area contributed by atoms with Gasteiger partial charge in [-0.05, 0) is 38.8 Å². The molecule has 1 unspecified atom stereocenters. The maximum Gasteiger partial charge on any atom is 0.0596 e. The van der Waals surface area contributed by atoms with Crippen LogP contribution in [0.1, 0.15) is 31.2 Å². The molecule has 1 aliphatic heterocycles. The number of rotatable bonds is 1. The third kappa shape index (κ3) is 1.29. The van der Waals surface area contributed by atoms with Crippen LogP contribution >= 0.6 is 0 Å². The van der Waals surface area contributed by atoms with Crippen LogP contribution < -0.4 is 0 Å². The average Bonchev–Trinajstić information content (AvgIpc) is 2.58. The summed E-state index contributed by atoms with van der Waals surface area (Å²) in [5, 5.41) is 0. The van der Waals surface area contributed by atoms with Gasteiger partial charge in [-0.1, -0.05) is 0 Å². The highest BCUT2D eigenvalue weighted by Crippen LogP contribution is 2.17. The standard InChI is InChI=1S/C10H14N2/c1-7-3-5-9(11-7)10-6-4-8(2)12-10/h3,5,8,11H,4,6H2,1-2H3. The second-order valence-corrected chi connectivity index (χ2v) is 3.52. The van der Waals surface area contributed by atoms with Gasteiger partial charge in [0.05, 0.1) is 11.4 Å². The Morgan fingerprint density at radius 3 is 2.83 bits per heavy atom. The van der Waals surface area contributed by atoms with Crippen molar-refractivity contribution in [3.8, 4) is 0 Å². The van der Waals surface area contributed by atoms with Crippen LogP contribution in [0.15, 0.2) is 17.1 Å². The molecule has 64 valence electrons. The molecule has 1 atom stereocenters. The highest BCUT2D eigenvalue weighted by Gasteiger charge is 2.14. The fourth-order valence-electron chi connectivity index (χ4n) is 1.62. The molecule has 1 N–H and O–H groups in total. The lowest BCUT2D eigenvalue weighted by Gasteiger charge is -1.94. The molecule has 0 saturated heterocycles. The van der Waals surface area contributed by atoms with E-state index in [4.69, 9.17) is 0 Å². The number of aromatic nitrogens is 1. The van der Waals surface area contributed by atoms with E-state index < -0.39 is 0 Å². The molecule has 2 rings (SSSR count). The van der Waals surface area contributed by atoms with Gasteiger partial charge in [0.15, 0.2) is 0 Å². The van der Waals surface area contributed by atoms with Gasteiger partial charge in [0.2, 0.25) is 0 Å². The third-order valence-corrected chi connectivity index (χ3v) is 2.32. The van der Waals surface area contributed by atoms with Gasteiger partial charge in [-0.15, -0.1) is 0 Å². The average molecular weight is 162 g/mol. The molecule has 0 fully saturated rings. The zero-order chi connectivity index (χ0) is 8.55. The van der Waals surface area contributed by atoms with Crippen molar-refractivity contribution in [1.82, 2.24) is 4.98 Å². The maximum absolute atomic E-state index is 4.56. The minimum Gasteiger partial charge on any atom is -0.358 e. The van der Waals surface area contributed by atoms with Crippen LogP contribution in [0.3, 0.4) is 0 Å². The number of aliphatic imine (C=N–C) groups is 1. The fourth-order valence-corrected chi connectivity index (χ4v) is 1.62. The zero-order valence-corrected chi connectivity index (χ0v) is 7.59. The third-order valence-electron chi connectivity index (χ3n) is 2.32. The SMILES string of the molecule is Cc1ccc(C2=NC(C)CC2)[nH]1. The Hall–Kier alpha value is -1.05. The maximum atomic E-state index is 4.56. The molecule has 12 heavy (non-hydrogen) atoms. The molecule has 1 aromatic rings. The number of nitrogens with one attached hydrogen (secondary N) is 1. The van der Waals surface area contributed by atoms with Gasteiger partial charge >= 0.3 is 0 Å². The highest BCUT2D eigenvalue weighted by molar-refractivity contribution is 6.00. The van der Waals surface area contributed by atoms with Crippen molar-refractivity contribution in [2.24, 2.45) is 4.99 Å².